The van der Waals surface area contributed by atoms with Crippen molar-refractivity contribution in [2.24, 2.45) is 5.73 Å². The lowest BCUT2D eigenvalue weighted by Gasteiger charge is -2.22. The molecule has 1 fully saturated rings. The third kappa shape index (κ3) is 4.71. The number of nitrogens with one attached hydrogen (secondary N) is 2. The van der Waals surface area contributed by atoms with Crippen LogP contribution in [0.3, 0.4) is 0 Å². The Morgan fingerprint density at radius 1 is 1.12 bits per heavy atom. The highest BCUT2D eigenvalue weighted by Crippen LogP contribution is 2.24. The molecule has 1 heterocycles. The zero-order valence-electron chi connectivity index (χ0n) is 15.4. The summed E-state index contributed by atoms with van der Waals surface area (Å²) in [6.07, 6.45) is 3.92. The highest BCUT2D eigenvalue weighted by Gasteiger charge is 2.28. The van der Waals surface area contributed by atoms with E-state index in [1.54, 1.807) is 0 Å². The van der Waals surface area contributed by atoms with Crippen molar-refractivity contribution in [3.05, 3.63) is 71.3 Å². The van der Waals surface area contributed by atoms with Gasteiger partial charge in [-0.05, 0) is 55.8 Å². The average Bonchev–Trinajstić information content (AvgIpc) is 3.12. The molecule has 2 aromatic carbocycles. The van der Waals surface area contributed by atoms with Crippen LogP contribution in [-0.4, -0.2) is 24.5 Å². The maximum atomic E-state index is 12.8. The second-order valence-corrected chi connectivity index (χ2v) is 7.18. The highest BCUT2D eigenvalue weighted by atomic mass is 16.2. The van der Waals surface area contributed by atoms with E-state index in [0.717, 1.165) is 36.8 Å². The number of benzene rings is 2. The summed E-state index contributed by atoms with van der Waals surface area (Å²) in [5.41, 5.74) is 9.09. The summed E-state index contributed by atoms with van der Waals surface area (Å²) in [5.74, 6) is 0.0791. The van der Waals surface area contributed by atoms with Gasteiger partial charge in [-0.2, -0.15) is 0 Å². The van der Waals surface area contributed by atoms with Crippen LogP contribution in [0.2, 0.25) is 0 Å². The fraction of sp³-hybridized carbons (Fsp3) is 0.409. The van der Waals surface area contributed by atoms with Crippen LogP contribution in [0.4, 0.5) is 0 Å². The standard InChI is InChI=1S/C22H29N3O/c1-16-9-14-20(24-16)22(26)25-21(18-7-3-2-4-8-18)19-12-10-17(11-13-19)6-5-15-23/h2-4,7-8,10-13,16,20-21,24H,5-6,9,14-15,23H2,1H3,(H,25,26)/t16-,20-,21-/m0/s1. The second-order valence-electron chi connectivity index (χ2n) is 7.18. The summed E-state index contributed by atoms with van der Waals surface area (Å²) in [6.45, 7) is 2.83. The van der Waals surface area contributed by atoms with E-state index < -0.39 is 0 Å². The predicted molar refractivity (Wildman–Crippen MR) is 106 cm³/mol. The molecule has 0 unspecified atom stereocenters. The van der Waals surface area contributed by atoms with Crippen molar-refractivity contribution in [3.63, 3.8) is 0 Å². The Labute approximate surface area is 156 Å². The van der Waals surface area contributed by atoms with E-state index in [4.69, 9.17) is 5.73 Å². The van der Waals surface area contributed by atoms with E-state index in [9.17, 15) is 4.79 Å². The molecule has 1 saturated heterocycles. The summed E-state index contributed by atoms with van der Waals surface area (Å²) in [7, 11) is 0. The molecule has 0 saturated carbocycles. The maximum absolute atomic E-state index is 12.8. The number of rotatable bonds is 7. The van der Waals surface area contributed by atoms with Gasteiger partial charge in [0.05, 0.1) is 12.1 Å². The number of carbonyl (C=O) groups is 1. The Morgan fingerprint density at radius 2 is 1.81 bits per heavy atom. The van der Waals surface area contributed by atoms with E-state index >= 15 is 0 Å². The summed E-state index contributed by atoms with van der Waals surface area (Å²) in [5, 5.41) is 6.62. The quantitative estimate of drug-likeness (QED) is 0.718. The molecule has 4 nitrogen and oxygen atoms in total. The molecule has 0 radical (unpaired) electrons. The van der Waals surface area contributed by atoms with Crippen LogP contribution < -0.4 is 16.4 Å². The van der Waals surface area contributed by atoms with Crippen molar-refractivity contribution < 1.29 is 4.79 Å². The van der Waals surface area contributed by atoms with E-state index in [1.807, 2.05) is 18.2 Å². The third-order valence-electron chi connectivity index (χ3n) is 5.09. The van der Waals surface area contributed by atoms with Crippen LogP contribution in [0, 0.1) is 0 Å². The second kappa shape index (κ2) is 8.97. The molecule has 1 aliphatic heterocycles. The maximum Gasteiger partial charge on any atom is 0.237 e. The van der Waals surface area contributed by atoms with Crippen molar-refractivity contribution in [2.45, 2.75) is 50.7 Å². The lowest BCUT2D eigenvalue weighted by Crippen LogP contribution is -2.43. The van der Waals surface area contributed by atoms with E-state index in [0.29, 0.717) is 12.6 Å². The van der Waals surface area contributed by atoms with Gasteiger partial charge in [-0.3, -0.25) is 4.79 Å². The van der Waals surface area contributed by atoms with Gasteiger partial charge in [-0.25, -0.2) is 0 Å². The zero-order chi connectivity index (χ0) is 18.4. The molecule has 3 rings (SSSR count). The van der Waals surface area contributed by atoms with Crippen LogP contribution in [-0.2, 0) is 11.2 Å². The molecule has 2 aromatic rings. The van der Waals surface area contributed by atoms with E-state index in [1.165, 1.54) is 5.56 Å². The fourth-order valence-electron chi connectivity index (χ4n) is 3.56. The number of carbonyl (C=O) groups excluding carboxylic acids is 1. The zero-order valence-corrected chi connectivity index (χ0v) is 15.4. The molecule has 26 heavy (non-hydrogen) atoms. The molecular weight excluding hydrogens is 322 g/mol. The third-order valence-corrected chi connectivity index (χ3v) is 5.09. The SMILES string of the molecule is C[C@H]1CC[C@@H](C(=O)N[C@@H](c2ccccc2)c2ccc(CCCN)cc2)N1. The van der Waals surface area contributed by atoms with Gasteiger partial charge >= 0.3 is 0 Å². The molecule has 0 spiro atoms. The summed E-state index contributed by atoms with van der Waals surface area (Å²) >= 11 is 0. The number of hydrogen-bond acceptors (Lipinski definition) is 3. The lowest BCUT2D eigenvalue weighted by atomic mass is 9.96. The summed E-state index contributed by atoms with van der Waals surface area (Å²) in [4.78, 5) is 12.8. The Hall–Kier alpha value is -2.17. The van der Waals surface area contributed by atoms with Gasteiger partial charge in [0.2, 0.25) is 5.91 Å². The van der Waals surface area contributed by atoms with E-state index in [-0.39, 0.29) is 18.0 Å². The van der Waals surface area contributed by atoms with Crippen LogP contribution in [0.15, 0.2) is 54.6 Å². The molecule has 138 valence electrons. The van der Waals surface area contributed by atoms with Crippen LogP contribution in [0.1, 0.15) is 48.9 Å². The minimum atomic E-state index is -0.134. The molecule has 4 heteroatoms. The van der Waals surface area contributed by atoms with Gasteiger partial charge in [0.1, 0.15) is 0 Å². The smallest absolute Gasteiger partial charge is 0.237 e. The Bertz CT molecular complexity index is 699. The monoisotopic (exact) mass is 351 g/mol. The Balaban J connectivity index is 1.78. The van der Waals surface area contributed by atoms with Crippen molar-refractivity contribution in [3.8, 4) is 0 Å². The summed E-state index contributed by atoms with van der Waals surface area (Å²) < 4.78 is 0. The topological polar surface area (TPSA) is 67.2 Å². The highest BCUT2D eigenvalue weighted by molar-refractivity contribution is 5.83. The molecular formula is C22H29N3O. The van der Waals surface area contributed by atoms with Crippen LogP contribution >= 0.6 is 0 Å². The number of amides is 1. The lowest BCUT2D eigenvalue weighted by molar-refractivity contribution is -0.123. The van der Waals surface area contributed by atoms with Gasteiger partial charge in [-0.15, -0.1) is 0 Å². The van der Waals surface area contributed by atoms with Crippen molar-refractivity contribution >= 4 is 5.91 Å². The van der Waals surface area contributed by atoms with Crippen molar-refractivity contribution in [1.82, 2.24) is 10.6 Å². The van der Waals surface area contributed by atoms with Gasteiger partial charge in [0.15, 0.2) is 0 Å². The van der Waals surface area contributed by atoms with E-state index in [2.05, 4.69) is 54.0 Å². The minimum Gasteiger partial charge on any atom is -0.344 e. The molecule has 1 aliphatic rings. The number of aryl methyl sites for hydroxylation is 1. The molecule has 0 aromatic heterocycles. The van der Waals surface area contributed by atoms with Gasteiger partial charge < -0.3 is 16.4 Å². The van der Waals surface area contributed by atoms with Gasteiger partial charge in [-0.1, -0.05) is 54.6 Å². The Kier molecular flexibility index (Phi) is 6.42. The number of hydrogen-bond donors (Lipinski definition) is 3. The minimum absolute atomic E-state index is 0.0791. The van der Waals surface area contributed by atoms with Gasteiger partial charge in [0, 0.05) is 6.04 Å². The van der Waals surface area contributed by atoms with Crippen molar-refractivity contribution in [1.29, 1.82) is 0 Å². The summed E-state index contributed by atoms with van der Waals surface area (Å²) in [6, 6.07) is 18.9. The molecule has 0 aliphatic carbocycles. The van der Waals surface area contributed by atoms with Gasteiger partial charge in [0.25, 0.3) is 0 Å². The predicted octanol–water partition coefficient (Wildman–Crippen LogP) is 2.92. The fourth-order valence-corrected chi connectivity index (χ4v) is 3.56. The molecule has 0 bridgehead atoms. The first-order chi connectivity index (χ1) is 12.7. The Morgan fingerprint density at radius 3 is 2.42 bits per heavy atom. The first-order valence-electron chi connectivity index (χ1n) is 9.57. The average molecular weight is 351 g/mol. The first kappa shape index (κ1) is 18.6. The molecule has 1 amide bonds. The van der Waals surface area contributed by atoms with Crippen LogP contribution in [0.25, 0.3) is 0 Å². The largest absolute Gasteiger partial charge is 0.344 e. The number of nitrogens with two attached hydrogens (primary N) is 1. The van der Waals surface area contributed by atoms with Crippen molar-refractivity contribution in [2.75, 3.05) is 6.54 Å². The molecule has 4 N–H and O–H groups in total. The normalized spacial score (nSPS) is 20.7. The molecule has 3 atom stereocenters. The van der Waals surface area contributed by atoms with Crippen LogP contribution in [0.5, 0.6) is 0 Å². The first-order valence-corrected chi connectivity index (χ1v) is 9.57.